The van der Waals surface area contributed by atoms with Crippen LogP contribution in [0.25, 0.3) is 0 Å². The van der Waals surface area contributed by atoms with Gasteiger partial charge < -0.3 is 4.74 Å². The highest BCUT2D eigenvalue weighted by Crippen LogP contribution is 2.07. The van der Waals surface area contributed by atoms with Crippen LogP contribution < -0.4 is 0 Å². The van der Waals surface area contributed by atoms with Gasteiger partial charge in [0.05, 0.1) is 6.61 Å². The second kappa shape index (κ2) is 7.99. The Morgan fingerprint density at radius 1 is 1.27 bits per heavy atom. The molecular weight excluding hydrogens is 156 g/mol. The Morgan fingerprint density at radius 2 is 2.00 bits per heavy atom. The first-order chi connectivity index (χ1) is 5.27. The van der Waals surface area contributed by atoms with Crippen LogP contribution in [0.3, 0.4) is 0 Å². The van der Waals surface area contributed by atoms with Gasteiger partial charge in [-0.25, -0.2) is 0 Å². The molecule has 0 N–H and O–H groups in total. The van der Waals surface area contributed by atoms with Crippen molar-refractivity contribution < 1.29 is 4.74 Å². The summed E-state index contributed by atoms with van der Waals surface area (Å²) >= 11 is 4.52. The van der Waals surface area contributed by atoms with Crippen molar-refractivity contribution in [3.63, 3.8) is 0 Å². The van der Waals surface area contributed by atoms with Crippen LogP contribution in [0.4, 0.5) is 0 Å². The maximum absolute atomic E-state index is 4.93. The minimum Gasteiger partial charge on any atom is -0.490 e. The van der Waals surface area contributed by atoms with Gasteiger partial charge in [-0.05, 0) is 24.6 Å². The summed E-state index contributed by atoms with van der Waals surface area (Å²) in [6, 6.07) is 0. The smallest absolute Gasteiger partial charge is 0.146 e. The normalized spacial score (nSPS) is 10.1. The van der Waals surface area contributed by atoms with Crippen LogP contribution in [0.5, 0.6) is 0 Å². The highest BCUT2D eigenvalue weighted by Gasteiger charge is 1.93. The molecule has 0 bridgehead atoms. The Morgan fingerprint density at radius 3 is 2.55 bits per heavy atom. The summed E-state index contributed by atoms with van der Waals surface area (Å²) in [7, 11) is 0. The fraction of sp³-hybridized carbons (Fsp3) is 0.889. The van der Waals surface area contributed by atoms with Crippen LogP contribution >= 0.6 is 12.2 Å². The van der Waals surface area contributed by atoms with E-state index in [0.29, 0.717) is 0 Å². The zero-order chi connectivity index (χ0) is 8.53. The molecule has 0 atom stereocenters. The van der Waals surface area contributed by atoms with Crippen LogP contribution in [0.2, 0.25) is 0 Å². The molecular formula is C9H18OS. The van der Waals surface area contributed by atoms with E-state index in [1.54, 1.807) is 0 Å². The van der Waals surface area contributed by atoms with Crippen LogP contribution in [-0.2, 0) is 4.74 Å². The molecule has 2 heteroatoms. The number of rotatable bonds is 7. The fourth-order valence-electron chi connectivity index (χ4n) is 0.963. The fourth-order valence-corrected chi connectivity index (χ4v) is 1.06. The van der Waals surface area contributed by atoms with Crippen molar-refractivity contribution in [1.29, 1.82) is 0 Å². The Kier molecular flexibility index (Phi) is 7.91. The predicted octanol–water partition coefficient (Wildman–Crippen LogP) is 3.18. The third-order valence-corrected chi connectivity index (χ3v) is 1.75. The zero-order valence-electron chi connectivity index (χ0n) is 7.51. The maximum Gasteiger partial charge on any atom is 0.146 e. The third-order valence-electron chi connectivity index (χ3n) is 1.61. The molecule has 1 nitrogen and oxygen atoms in total. The van der Waals surface area contributed by atoms with E-state index in [0.717, 1.165) is 18.9 Å². The van der Waals surface area contributed by atoms with Crippen molar-refractivity contribution in [2.45, 2.75) is 39.5 Å². The molecule has 66 valence electrons. The van der Waals surface area contributed by atoms with Gasteiger partial charge in [0, 0.05) is 0 Å². The molecule has 0 radical (unpaired) electrons. The van der Waals surface area contributed by atoms with E-state index in [9.17, 15) is 0 Å². The van der Waals surface area contributed by atoms with Gasteiger partial charge in [-0.2, -0.15) is 0 Å². The molecule has 11 heavy (non-hydrogen) atoms. The molecule has 0 aromatic rings. The van der Waals surface area contributed by atoms with Gasteiger partial charge in [0.2, 0.25) is 0 Å². The van der Waals surface area contributed by atoms with E-state index in [1.807, 2.05) is 0 Å². The average Bonchev–Trinajstić information content (AvgIpc) is 1.96. The molecule has 0 fully saturated rings. The van der Waals surface area contributed by atoms with Crippen LogP contribution in [-0.4, -0.2) is 12.2 Å². The van der Waals surface area contributed by atoms with Crippen LogP contribution in [0.15, 0.2) is 0 Å². The van der Waals surface area contributed by atoms with E-state index < -0.39 is 0 Å². The minimum atomic E-state index is 0.793. The van der Waals surface area contributed by atoms with E-state index >= 15 is 0 Å². The standard InChI is InChI=1S/C9H18OS/c1-9(2)6-4-3-5-7-10-8-11/h8-9H,3-7H2,1-2H3. The Balaban J connectivity index is 2.85. The number of hydrogen-bond acceptors (Lipinski definition) is 2. The van der Waals surface area contributed by atoms with E-state index in [2.05, 4.69) is 26.1 Å². The minimum absolute atomic E-state index is 0.793. The van der Waals surface area contributed by atoms with E-state index in [1.165, 1.54) is 24.8 Å². The summed E-state index contributed by atoms with van der Waals surface area (Å²) in [6.07, 6.45) is 5.05. The lowest BCUT2D eigenvalue weighted by Crippen LogP contribution is -1.92. The summed E-state index contributed by atoms with van der Waals surface area (Å²) in [5, 5.41) is 0. The van der Waals surface area contributed by atoms with Crippen molar-refractivity contribution in [2.75, 3.05) is 6.61 Å². The lowest BCUT2D eigenvalue weighted by molar-refractivity contribution is 0.311. The largest absolute Gasteiger partial charge is 0.490 e. The first-order valence-electron chi connectivity index (χ1n) is 4.32. The number of hydrogen-bond donors (Lipinski definition) is 0. The molecule has 0 aromatic carbocycles. The van der Waals surface area contributed by atoms with Crippen LogP contribution in [0.1, 0.15) is 39.5 Å². The molecule has 0 heterocycles. The van der Waals surface area contributed by atoms with E-state index in [4.69, 9.17) is 4.74 Å². The predicted molar refractivity (Wildman–Crippen MR) is 52.9 cm³/mol. The molecule has 0 spiro atoms. The monoisotopic (exact) mass is 174 g/mol. The van der Waals surface area contributed by atoms with Crippen LogP contribution in [0, 0.1) is 5.92 Å². The highest BCUT2D eigenvalue weighted by atomic mass is 32.1. The van der Waals surface area contributed by atoms with Gasteiger partial charge in [-0.15, -0.1) is 0 Å². The van der Waals surface area contributed by atoms with Crippen molar-refractivity contribution in [1.82, 2.24) is 0 Å². The molecule has 0 aliphatic carbocycles. The van der Waals surface area contributed by atoms with Gasteiger partial charge in [-0.1, -0.05) is 33.1 Å². The zero-order valence-corrected chi connectivity index (χ0v) is 8.32. The Bertz CT molecular complexity index is 91.6. The molecule has 0 amide bonds. The Labute approximate surface area is 75.1 Å². The molecule has 0 aromatic heterocycles. The highest BCUT2D eigenvalue weighted by molar-refractivity contribution is 7.78. The molecule has 0 saturated carbocycles. The molecule has 0 unspecified atom stereocenters. The summed E-state index contributed by atoms with van der Waals surface area (Å²) < 4.78 is 4.93. The molecule has 0 aliphatic rings. The van der Waals surface area contributed by atoms with Gasteiger partial charge in [0.1, 0.15) is 5.55 Å². The van der Waals surface area contributed by atoms with Gasteiger partial charge in [0.15, 0.2) is 0 Å². The number of ether oxygens (including phenoxy) is 1. The maximum atomic E-state index is 4.93. The van der Waals surface area contributed by atoms with Crippen molar-refractivity contribution >= 4 is 17.8 Å². The summed E-state index contributed by atoms with van der Waals surface area (Å²) in [5.41, 5.74) is 1.35. The third kappa shape index (κ3) is 9.89. The van der Waals surface area contributed by atoms with Gasteiger partial charge >= 0.3 is 0 Å². The quantitative estimate of drug-likeness (QED) is 0.433. The van der Waals surface area contributed by atoms with Gasteiger partial charge in [-0.3, -0.25) is 0 Å². The second-order valence-corrected chi connectivity index (χ2v) is 3.40. The molecule has 0 rings (SSSR count). The number of thiocarbonyl (C=S) groups is 1. The SMILES string of the molecule is CC(C)CCCCCOC=S. The first kappa shape index (κ1) is 10.9. The van der Waals surface area contributed by atoms with Gasteiger partial charge in [0.25, 0.3) is 0 Å². The van der Waals surface area contributed by atoms with Crippen molar-refractivity contribution in [2.24, 2.45) is 5.92 Å². The lowest BCUT2D eigenvalue weighted by atomic mass is 10.1. The van der Waals surface area contributed by atoms with Crippen molar-refractivity contribution in [3.8, 4) is 0 Å². The summed E-state index contributed by atoms with van der Waals surface area (Å²) in [5.74, 6) is 0.835. The topological polar surface area (TPSA) is 9.23 Å². The lowest BCUT2D eigenvalue weighted by Gasteiger charge is -2.03. The molecule has 0 saturated heterocycles. The van der Waals surface area contributed by atoms with Crippen molar-refractivity contribution in [3.05, 3.63) is 0 Å². The molecule has 0 aliphatic heterocycles. The summed E-state index contributed by atoms with van der Waals surface area (Å²) in [4.78, 5) is 0. The van der Waals surface area contributed by atoms with E-state index in [-0.39, 0.29) is 0 Å². The summed E-state index contributed by atoms with van der Waals surface area (Å²) in [6.45, 7) is 5.31. The number of unbranched alkanes of at least 4 members (excludes halogenated alkanes) is 2. The first-order valence-corrected chi connectivity index (χ1v) is 4.79. The Hall–Kier alpha value is -0.110. The second-order valence-electron chi connectivity index (χ2n) is 3.21. The average molecular weight is 174 g/mol.